The number of anilines is 1. The van der Waals surface area contributed by atoms with Crippen molar-refractivity contribution in [1.82, 2.24) is 9.71 Å². The van der Waals surface area contributed by atoms with Gasteiger partial charge in [-0.1, -0.05) is 24.3 Å². The molecular weight excluding hydrogens is 383 g/mol. The summed E-state index contributed by atoms with van der Waals surface area (Å²) in [6.45, 7) is -0.130. The van der Waals surface area contributed by atoms with Crippen LogP contribution in [0.5, 0.6) is 11.5 Å². The molecule has 4 rings (SSSR count). The minimum absolute atomic E-state index is 0.0314. The molecule has 0 saturated carbocycles. The predicted octanol–water partition coefficient (Wildman–Crippen LogP) is 3.27. The van der Waals surface area contributed by atoms with Crippen molar-refractivity contribution >= 4 is 21.7 Å². The molecule has 28 heavy (non-hydrogen) atoms. The summed E-state index contributed by atoms with van der Waals surface area (Å²) in [5, 5.41) is 2.92. The highest BCUT2D eigenvalue weighted by molar-refractivity contribution is 7.90. The Hall–Kier alpha value is -3.46. The molecule has 0 fully saturated rings. The van der Waals surface area contributed by atoms with Crippen LogP contribution in [0.2, 0.25) is 0 Å². The number of hydrogen-bond acceptors (Lipinski definition) is 5. The van der Waals surface area contributed by atoms with Gasteiger partial charge in [0.15, 0.2) is 5.75 Å². The summed E-state index contributed by atoms with van der Waals surface area (Å²) in [5.74, 6) is 0.328. The fourth-order valence-electron chi connectivity index (χ4n) is 2.65. The first-order valence-corrected chi connectivity index (χ1v) is 9.81. The van der Waals surface area contributed by atoms with E-state index in [1.165, 1.54) is 24.4 Å². The van der Waals surface area contributed by atoms with E-state index in [9.17, 15) is 12.8 Å². The average Bonchev–Trinajstić information content (AvgIpc) is 2.68. The van der Waals surface area contributed by atoms with Gasteiger partial charge < -0.3 is 10.1 Å². The van der Waals surface area contributed by atoms with Gasteiger partial charge in [0, 0.05) is 6.20 Å². The molecule has 7 nitrogen and oxygen atoms in total. The van der Waals surface area contributed by atoms with E-state index in [1.807, 2.05) is 18.2 Å². The second-order valence-electron chi connectivity index (χ2n) is 5.87. The number of rotatable bonds is 4. The topological polar surface area (TPSA) is 92.7 Å². The molecule has 0 unspecified atom stereocenters. The number of guanidine groups is 1. The minimum atomic E-state index is -3.86. The van der Waals surface area contributed by atoms with Gasteiger partial charge in [0.1, 0.15) is 22.1 Å². The Morgan fingerprint density at radius 3 is 2.64 bits per heavy atom. The average molecular weight is 398 g/mol. The SMILES string of the molecule is O=S1(=O)NC(=NCc2ncccc2F)Nc2c(Oc3ccccc3)cccc21. The van der Waals surface area contributed by atoms with Gasteiger partial charge in [-0.3, -0.25) is 4.98 Å². The zero-order valence-electron chi connectivity index (χ0n) is 14.5. The zero-order chi connectivity index (χ0) is 19.6. The van der Waals surface area contributed by atoms with Crippen LogP contribution in [0.1, 0.15) is 5.69 Å². The zero-order valence-corrected chi connectivity index (χ0v) is 15.3. The largest absolute Gasteiger partial charge is 0.455 e. The fourth-order valence-corrected chi connectivity index (χ4v) is 3.80. The molecule has 0 atom stereocenters. The van der Waals surface area contributed by atoms with Crippen molar-refractivity contribution in [3.8, 4) is 11.5 Å². The Morgan fingerprint density at radius 2 is 1.86 bits per heavy atom. The van der Waals surface area contributed by atoms with E-state index in [-0.39, 0.29) is 28.8 Å². The third kappa shape index (κ3) is 3.65. The first kappa shape index (κ1) is 17.9. The van der Waals surface area contributed by atoms with Crippen LogP contribution < -0.4 is 14.8 Å². The summed E-state index contributed by atoms with van der Waals surface area (Å²) in [6.07, 6.45) is 1.44. The number of benzene rings is 2. The van der Waals surface area contributed by atoms with Gasteiger partial charge in [0.2, 0.25) is 5.96 Å². The lowest BCUT2D eigenvalue weighted by molar-refractivity contribution is 0.483. The number of aromatic nitrogens is 1. The van der Waals surface area contributed by atoms with E-state index < -0.39 is 15.8 Å². The van der Waals surface area contributed by atoms with Crippen LogP contribution in [-0.2, 0) is 16.6 Å². The number of nitrogens with zero attached hydrogens (tertiary/aromatic N) is 2. The van der Waals surface area contributed by atoms with Crippen LogP contribution in [-0.4, -0.2) is 19.4 Å². The molecule has 2 heterocycles. The highest BCUT2D eigenvalue weighted by Gasteiger charge is 2.29. The first-order valence-electron chi connectivity index (χ1n) is 8.32. The lowest BCUT2D eigenvalue weighted by atomic mass is 10.3. The summed E-state index contributed by atoms with van der Waals surface area (Å²) in [6, 6.07) is 16.4. The van der Waals surface area contributed by atoms with E-state index >= 15 is 0 Å². The molecule has 9 heteroatoms. The Bertz CT molecular complexity index is 1150. The number of fused-ring (bicyclic) bond motifs is 1. The van der Waals surface area contributed by atoms with Crippen LogP contribution in [0.4, 0.5) is 10.1 Å². The summed E-state index contributed by atoms with van der Waals surface area (Å²) < 4.78 is 47.1. The van der Waals surface area contributed by atoms with Crippen LogP contribution >= 0.6 is 0 Å². The van der Waals surface area contributed by atoms with Gasteiger partial charge in [0.25, 0.3) is 10.0 Å². The number of sulfonamides is 1. The van der Waals surface area contributed by atoms with Crippen LogP contribution in [0, 0.1) is 5.82 Å². The quantitative estimate of drug-likeness (QED) is 0.704. The molecule has 0 radical (unpaired) electrons. The summed E-state index contributed by atoms with van der Waals surface area (Å²) in [4.78, 5) is 8.05. The van der Waals surface area contributed by atoms with Gasteiger partial charge in [-0.15, -0.1) is 0 Å². The van der Waals surface area contributed by atoms with Gasteiger partial charge in [-0.25, -0.2) is 22.5 Å². The van der Waals surface area contributed by atoms with Gasteiger partial charge in [-0.2, -0.15) is 0 Å². The maximum absolute atomic E-state index is 13.7. The predicted molar refractivity (Wildman–Crippen MR) is 102 cm³/mol. The number of ether oxygens (including phenoxy) is 1. The highest BCUT2D eigenvalue weighted by Crippen LogP contribution is 2.36. The van der Waals surface area contributed by atoms with E-state index in [0.717, 1.165) is 0 Å². The second kappa shape index (κ2) is 7.28. The van der Waals surface area contributed by atoms with Crippen LogP contribution in [0.15, 0.2) is 76.7 Å². The molecule has 0 aliphatic carbocycles. The molecule has 3 aromatic rings. The Kier molecular flexibility index (Phi) is 4.66. The number of nitrogens with one attached hydrogen (secondary N) is 2. The number of para-hydroxylation sites is 2. The van der Waals surface area contributed by atoms with Crippen molar-refractivity contribution < 1.29 is 17.5 Å². The van der Waals surface area contributed by atoms with Gasteiger partial charge in [0.05, 0.1) is 12.2 Å². The molecule has 1 aliphatic rings. The molecule has 2 N–H and O–H groups in total. The highest BCUT2D eigenvalue weighted by atomic mass is 32.2. The smallest absolute Gasteiger partial charge is 0.266 e. The molecule has 0 spiro atoms. The Balaban J connectivity index is 1.67. The van der Waals surface area contributed by atoms with E-state index in [1.54, 1.807) is 24.3 Å². The van der Waals surface area contributed by atoms with Gasteiger partial charge >= 0.3 is 0 Å². The van der Waals surface area contributed by atoms with Gasteiger partial charge in [-0.05, 0) is 36.4 Å². The van der Waals surface area contributed by atoms with Crippen molar-refractivity contribution in [3.63, 3.8) is 0 Å². The van der Waals surface area contributed by atoms with E-state index in [4.69, 9.17) is 4.74 Å². The third-order valence-corrected chi connectivity index (χ3v) is 5.33. The van der Waals surface area contributed by atoms with Crippen molar-refractivity contribution in [2.75, 3.05) is 5.32 Å². The monoisotopic (exact) mass is 398 g/mol. The van der Waals surface area contributed by atoms with E-state index in [2.05, 4.69) is 20.0 Å². The number of pyridine rings is 1. The first-order chi connectivity index (χ1) is 13.5. The molecule has 0 amide bonds. The Morgan fingerprint density at radius 1 is 1.04 bits per heavy atom. The van der Waals surface area contributed by atoms with Crippen LogP contribution in [0.3, 0.4) is 0 Å². The molecule has 2 aromatic carbocycles. The fraction of sp³-hybridized carbons (Fsp3) is 0.0526. The molecule has 142 valence electrons. The summed E-state index contributed by atoms with van der Waals surface area (Å²) in [7, 11) is -3.86. The second-order valence-corrected chi connectivity index (χ2v) is 7.52. The van der Waals surface area contributed by atoms with Crippen molar-refractivity contribution in [2.24, 2.45) is 4.99 Å². The minimum Gasteiger partial charge on any atom is -0.455 e. The van der Waals surface area contributed by atoms with Crippen molar-refractivity contribution in [3.05, 3.63) is 78.4 Å². The lowest BCUT2D eigenvalue weighted by Gasteiger charge is -2.23. The number of hydrogen-bond donors (Lipinski definition) is 2. The molecular formula is C19H15FN4O3S. The third-order valence-electron chi connectivity index (χ3n) is 3.94. The van der Waals surface area contributed by atoms with Crippen molar-refractivity contribution in [2.45, 2.75) is 11.4 Å². The molecule has 1 aliphatic heterocycles. The normalized spacial score (nSPS) is 16.0. The number of halogens is 1. The summed E-state index contributed by atoms with van der Waals surface area (Å²) >= 11 is 0. The van der Waals surface area contributed by atoms with Crippen molar-refractivity contribution in [1.29, 1.82) is 0 Å². The summed E-state index contributed by atoms with van der Waals surface area (Å²) in [5.41, 5.74) is 0.362. The maximum Gasteiger partial charge on any atom is 0.266 e. The standard InChI is InChI=1S/C19H15FN4O3S/c20-14-8-5-11-21-15(14)12-22-19-23-18-16(27-13-6-2-1-3-7-13)9-4-10-17(18)28(25,26)24-19/h1-11H,12H2,(H2,22,23,24). The molecule has 1 aromatic heterocycles. The van der Waals surface area contributed by atoms with E-state index in [0.29, 0.717) is 11.5 Å². The number of aliphatic imine (C=N–C) groups is 1. The van der Waals surface area contributed by atoms with Crippen LogP contribution in [0.25, 0.3) is 0 Å². The maximum atomic E-state index is 13.7. The lowest BCUT2D eigenvalue weighted by Crippen LogP contribution is -2.40. The molecule has 0 bridgehead atoms. The Labute approximate surface area is 161 Å². The molecule has 0 saturated heterocycles.